The molecule has 1 atom stereocenters. The molecule has 1 heterocycles. The summed E-state index contributed by atoms with van der Waals surface area (Å²) in [6.07, 6.45) is 0.142. The molecule has 1 fully saturated rings. The van der Waals surface area contributed by atoms with Crippen molar-refractivity contribution in [1.29, 1.82) is 0 Å². The lowest BCUT2D eigenvalue weighted by Crippen LogP contribution is -2.52. The molecule has 0 N–H and O–H groups in total. The van der Waals surface area contributed by atoms with Crippen LogP contribution in [0.25, 0.3) is 0 Å². The van der Waals surface area contributed by atoms with Crippen LogP contribution in [0.3, 0.4) is 0 Å². The monoisotopic (exact) mass is 384 g/mol. The third-order valence-electron chi connectivity index (χ3n) is 5.00. The van der Waals surface area contributed by atoms with Gasteiger partial charge in [-0.1, -0.05) is 19.1 Å². The molecule has 0 bridgehead atoms. The van der Waals surface area contributed by atoms with E-state index in [1.807, 2.05) is 54.3 Å². The van der Waals surface area contributed by atoms with Crippen LogP contribution in [0.1, 0.15) is 13.3 Å². The van der Waals surface area contributed by atoms with Crippen molar-refractivity contribution >= 4 is 11.6 Å². The standard InChI is InChI=1S/C22H28N2O4/c1-4-20(28-18-11-9-17(26-2)10-12-18)22(25)24-15-13-23(14-16-24)19-7-5-6-8-21(19)27-3/h5-12,20H,4,13-16H2,1-3H3/t20-/m0/s1. The van der Waals surface area contributed by atoms with Crippen molar-refractivity contribution in [1.82, 2.24) is 4.90 Å². The molecule has 0 saturated carbocycles. The van der Waals surface area contributed by atoms with Gasteiger partial charge in [0, 0.05) is 26.2 Å². The number of hydrogen-bond donors (Lipinski definition) is 0. The first kappa shape index (κ1) is 19.9. The van der Waals surface area contributed by atoms with Crippen LogP contribution in [0.15, 0.2) is 48.5 Å². The molecular formula is C22H28N2O4. The van der Waals surface area contributed by atoms with E-state index in [1.165, 1.54) is 0 Å². The maximum Gasteiger partial charge on any atom is 0.263 e. The van der Waals surface area contributed by atoms with Gasteiger partial charge in [-0.25, -0.2) is 0 Å². The van der Waals surface area contributed by atoms with Crippen LogP contribution in [0.4, 0.5) is 5.69 Å². The fourth-order valence-corrected chi connectivity index (χ4v) is 3.39. The van der Waals surface area contributed by atoms with Crippen LogP contribution in [0.5, 0.6) is 17.2 Å². The minimum Gasteiger partial charge on any atom is -0.497 e. The topological polar surface area (TPSA) is 51.2 Å². The average Bonchev–Trinajstić information content (AvgIpc) is 2.77. The Balaban J connectivity index is 1.59. The number of ether oxygens (including phenoxy) is 3. The largest absolute Gasteiger partial charge is 0.497 e. The summed E-state index contributed by atoms with van der Waals surface area (Å²) >= 11 is 0. The van der Waals surface area contributed by atoms with E-state index in [9.17, 15) is 4.79 Å². The Morgan fingerprint density at radius 3 is 2.18 bits per heavy atom. The minimum atomic E-state index is -0.480. The van der Waals surface area contributed by atoms with E-state index in [-0.39, 0.29) is 5.91 Å². The highest BCUT2D eigenvalue weighted by Crippen LogP contribution is 2.28. The average molecular weight is 384 g/mol. The van der Waals surface area contributed by atoms with Gasteiger partial charge in [-0.2, -0.15) is 0 Å². The predicted octanol–water partition coefficient (Wildman–Crippen LogP) is 3.21. The zero-order valence-corrected chi connectivity index (χ0v) is 16.8. The Kier molecular flexibility index (Phi) is 6.63. The maximum atomic E-state index is 13.0. The smallest absolute Gasteiger partial charge is 0.263 e. The molecule has 3 rings (SSSR count). The number of carbonyl (C=O) groups excluding carboxylic acids is 1. The van der Waals surface area contributed by atoms with E-state index >= 15 is 0 Å². The van der Waals surface area contributed by atoms with Crippen LogP contribution in [-0.2, 0) is 4.79 Å². The summed E-state index contributed by atoms with van der Waals surface area (Å²) in [4.78, 5) is 17.1. The number of amides is 1. The van der Waals surface area contributed by atoms with Crippen LogP contribution in [-0.4, -0.2) is 57.3 Å². The molecule has 2 aromatic carbocycles. The van der Waals surface area contributed by atoms with Gasteiger partial charge in [0.25, 0.3) is 5.91 Å². The van der Waals surface area contributed by atoms with Crippen LogP contribution >= 0.6 is 0 Å². The number of methoxy groups -OCH3 is 2. The molecule has 6 nitrogen and oxygen atoms in total. The number of piperazine rings is 1. The molecule has 1 amide bonds. The van der Waals surface area contributed by atoms with E-state index in [2.05, 4.69) is 11.0 Å². The van der Waals surface area contributed by atoms with E-state index < -0.39 is 6.10 Å². The Morgan fingerprint density at radius 1 is 0.929 bits per heavy atom. The molecule has 6 heteroatoms. The maximum absolute atomic E-state index is 13.0. The van der Waals surface area contributed by atoms with Gasteiger partial charge in [-0.3, -0.25) is 4.79 Å². The summed E-state index contributed by atoms with van der Waals surface area (Å²) in [6.45, 7) is 4.84. The summed E-state index contributed by atoms with van der Waals surface area (Å²) in [5.74, 6) is 2.34. The fourth-order valence-electron chi connectivity index (χ4n) is 3.39. The van der Waals surface area contributed by atoms with Crippen molar-refractivity contribution in [3.05, 3.63) is 48.5 Å². The molecule has 0 aromatic heterocycles. The van der Waals surface area contributed by atoms with E-state index in [0.717, 1.165) is 30.3 Å². The van der Waals surface area contributed by atoms with Gasteiger partial charge >= 0.3 is 0 Å². The van der Waals surface area contributed by atoms with Gasteiger partial charge in [0.2, 0.25) is 0 Å². The number of nitrogens with zero attached hydrogens (tertiary/aromatic N) is 2. The first-order valence-electron chi connectivity index (χ1n) is 9.63. The predicted molar refractivity (Wildman–Crippen MR) is 109 cm³/mol. The van der Waals surface area contributed by atoms with Crippen LogP contribution in [0.2, 0.25) is 0 Å². The quantitative estimate of drug-likeness (QED) is 0.734. The van der Waals surface area contributed by atoms with Crippen molar-refractivity contribution in [2.45, 2.75) is 19.4 Å². The van der Waals surface area contributed by atoms with Gasteiger partial charge in [-0.05, 0) is 42.8 Å². The zero-order valence-electron chi connectivity index (χ0n) is 16.8. The highest BCUT2D eigenvalue weighted by atomic mass is 16.5. The van der Waals surface area contributed by atoms with E-state index in [4.69, 9.17) is 14.2 Å². The second-order valence-corrected chi connectivity index (χ2v) is 6.67. The molecule has 150 valence electrons. The number of para-hydroxylation sites is 2. The molecule has 1 aliphatic heterocycles. The lowest BCUT2D eigenvalue weighted by Gasteiger charge is -2.37. The minimum absolute atomic E-state index is 0.0398. The molecule has 1 saturated heterocycles. The third kappa shape index (κ3) is 4.50. The summed E-state index contributed by atoms with van der Waals surface area (Å²) in [5, 5.41) is 0. The lowest BCUT2D eigenvalue weighted by atomic mass is 10.2. The van der Waals surface area contributed by atoms with Crippen molar-refractivity contribution in [2.75, 3.05) is 45.3 Å². The van der Waals surface area contributed by atoms with Gasteiger partial charge in [-0.15, -0.1) is 0 Å². The van der Waals surface area contributed by atoms with Crippen molar-refractivity contribution in [3.63, 3.8) is 0 Å². The van der Waals surface area contributed by atoms with E-state index in [0.29, 0.717) is 25.3 Å². The summed E-state index contributed by atoms with van der Waals surface area (Å²) in [7, 11) is 3.31. The van der Waals surface area contributed by atoms with Crippen molar-refractivity contribution in [3.8, 4) is 17.2 Å². The first-order chi connectivity index (χ1) is 13.7. The van der Waals surface area contributed by atoms with Crippen LogP contribution in [0, 0.1) is 0 Å². The second kappa shape index (κ2) is 9.35. The molecule has 0 unspecified atom stereocenters. The molecule has 28 heavy (non-hydrogen) atoms. The highest BCUT2D eigenvalue weighted by molar-refractivity contribution is 5.81. The highest BCUT2D eigenvalue weighted by Gasteiger charge is 2.28. The molecule has 1 aliphatic rings. The van der Waals surface area contributed by atoms with Gasteiger partial charge in [0.15, 0.2) is 6.10 Å². The summed E-state index contributed by atoms with van der Waals surface area (Å²) in [5.41, 5.74) is 1.07. The molecule has 0 aliphatic carbocycles. The van der Waals surface area contributed by atoms with E-state index in [1.54, 1.807) is 14.2 Å². The number of carbonyl (C=O) groups is 1. The third-order valence-corrected chi connectivity index (χ3v) is 5.00. The molecule has 0 spiro atoms. The summed E-state index contributed by atoms with van der Waals surface area (Å²) < 4.78 is 16.6. The second-order valence-electron chi connectivity index (χ2n) is 6.67. The zero-order chi connectivity index (χ0) is 19.9. The summed E-state index contributed by atoms with van der Waals surface area (Å²) in [6, 6.07) is 15.3. The number of benzene rings is 2. The van der Waals surface area contributed by atoms with Gasteiger partial charge < -0.3 is 24.0 Å². The van der Waals surface area contributed by atoms with Crippen molar-refractivity contribution in [2.24, 2.45) is 0 Å². The Bertz CT molecular complexity index is 770. The SMILES string of the molecule is CC[C@H](Oc1ccc(OC)cc1)C(=O)N1CCN(c2ccccc2OC)CC1. The molecule has 2 aromatic rings. The number of rotatable bonds is 7. The molecule has 0 radical (unpaired) electrons. The number of anilines is 1. The Morgan fingerprint density at radius 2 is 1.57 bits per heavy atom. The fraction of sp³-hybridized carbons (Fsp3) is 0.409. The number of hydrogen-bond acceptors (Lipinski definition) is 5. The Hall–Kier alpha value is -2.89. The van der Waals surface area contributed by atoms with Crippen LogP contribution < -0.4 is 19.1 Å². The first-order valence-corrected chi connectivity index (χ1v) is 9.63. The van der Waals surface area contributed by atoms with Gasteiger partial charge in [0.05, 0.1) is 19.9 Å². The van der Waals surface area contributed by atoms with Crippen molar-refractivity contribution < 1.29 is 19.0 Å². The lowest BCUT2D eigenvalue weighted by molar-refractivity contribution is -0.139. The van der Waals surface area contributed by atoms with Gasteiger partial charge in [0.1, 0.15) is 17.2 Å². The molecular weight excluding hydrogens is 356 g/mol. The normalized spacial score (nSPS) is 15.1. The Labute approximate surface area is 166 Å².